The van der Waals surface area contributed by atoms with Crippen molar-refractivity contribution in [2.75, 3.05) is 13.1 Å². The van der Waals surface area contributed by atoms with Crippen LogP contribution in [-0.4, -0.2) is 30.0 Å². The fraction of sp³-hybridized carbons (Fsp3) is 0.294. The van der Waals surface area contributed by atoms with E-state index in [2.05, 4.69) is 35.5 Å². The summed E-state index contributed by atoms with van der Waals surface area (Å²) in [6.07, 6.45) is 0. The number of benzene rings is 1. The fourth-order valence-corrected chi connectivity index (χ4v) is 4.25. The maximum atomic E-state index is 12.2. The van der Waals surface area contributed by atoms with Crippen LogP contribution in [0.15, 0.2) is 36.4 Å². The number of likely N-dealkylation sites (N-methyl/N-ethyl adjacent to an activating group) is 1. The lowest BCUT2D eigenvalue weighted by atomic mass is 10.3. The highest BCUT2D eigenvalue weighted by atomic mass is 32.1. The zero-order valence-electron chi connectivity index (χ0n) is 13.1. The van der Waals surface area contributed by atoms with E-state index in [4.69, 9.17) is 0 Å². The molecule has 6 heteroatoms. The Bertz CT molecular complexity index is 776. The summed E-state index contributed by atoms with van der Waals surface area (Å²) < 4.78 is 1.17. The van der Waals surface area contributed by atoms with Gasteiger partial charge in [-0.05, 0) is 37.7 Å². The Morgan fingerprint density at radius 3 is 2.83 bits per heavy atom. The molecule has 2 heterocycles. The first kappa shape index (κ1) is 16.1. The minimum atomic E-state index is -0.0212. The Morgan fingerprint density at radius 1 is 1.22 bits per heavy atom. The van der Waals surface area contributed by atoms with Crippen molar-refractivity contribution >= 4 is 38.8 Å². The van der Waals surface area contributed by atoms with Crippen LogP contribution in [0.1, 0.15) is 23.5 Å². The molecule has 3 aromatic rings. The van der Waals surface area contributed by atoms with Crippen molar-refractivity contribution in [3.63, 3.8) is 0 Å². The molecule has 0 aliphatic carbocycles. The SMILES string of the molecule is CCN[C@H](C)CNC(=O)c1ccc(-c2nc3ccccc3s2)s1. The fourth-order valence-electron chi connectivity index (χ4n) is 2.31. The molecule has 0 aliphatic rings. The number of hydrogen-bond donors (Lipinski definition) is 2. The van der Waals surface area contributed by atoms with Gasteiger partial charge in [0.15, 0.2) is 0 Å². The van der Waals surface area contributed by atoms with Crippen molar-refractivity contribution in [1.82, 2.24) is 15.6 Å². The van der Waals surface area contributed by atoms with Gasteiger partial charge in [0, 0.05) is 12.6 Å². The number of amides is 1. The number of aromatic nitrogens is 1. The second-order valence-corrected chi connectivity index (χ2v) is 7.43. The molecule has 120 valence electrons. The highest BCUT2D eigenvalue weighted by molar-refractivity contribution is 7.26. The Balaban J connectivity index is 1.71. The molecule has 1 atom stereocenters. The molecule has 3 rings (SSSR count). The van der Waals surface area contributed by atoms with E-state index >= 15 is 0 Å². The maximum Gasteiger partial charge on any atom is 0.261 e. The van der Waals surface area contributed by atoms with Gasteiger partial charge in [0.25, 0.3) is 5.91 Å². The number of nitrogens with one attached hydrogen (secondary N) is 2. The number of hydrogen-bond acceptors (Lipinski definition) is 5. The van der Waals surface area contributed by atoms with Gasteiger partial charge in [-0.15, -0.1) is 22.7 Å². The molecule has 0 radical (unpaired) electrons. The third kappa shape index (κ3) is 3.77. The average molecular weight is 345 g/mol. The van der Waals surface area contributed by atoms with Crippen LogP contribution in [0.25, 0.3) is 20.1 Å². The number of thiazole rings is 1. The van der Waals surface area contributed by atoms with E-state index < -0.39 is 0 Å². The van der Waals surface area contributed by atoms with Crippen molar-refractivity contribution in [1.29, 1.82) is 0 Å². The van der Waals surface area contributed by atoms with Gasteiger partial charge in [-0.25, -0.2) is 4.98 Å². The van der Waals surface area contributed by atoms with Crippen LogP contribution in [0.4, 0.5) is 0 Å². The van der Waals surface area contributed by atoms with Crippen LogP contribution >= 0.6 is 22.7 Å². The highest BCUT2D eigenvalue weighted by Crippen LogP contribution is 2.34. The second kappa shape index (κ2) is 7.21. The first-order valence-corrected chi connectivity index (χ1v) is 9.28. The summed E-state index contributed by atoms with van der Waals surface area (Å²) in [7, 11) is 0. The molecule has 1 amide bonds. The standard InChI is InChI=1S/C17H19N3OS2/c1-3-18-11(2)10-19-16(21)14-8-9-15(22-14)17-20-12-6-4-5-7-13(12)23-17/h4-9,11,18H,3,10H2,1-2H3,(H,19,21)/t11-/m1/s1. The van der Waals surface area contributed by atoms with Gasteiger partial charge in [-0.3, -0.25) is 4.79 Å². The monoisotopic (exact) mass is 345 g/mol. The van der Waals surface area contributed by atoms with Crippen molar-refractivity contribution in [3.05, 3.63) is 41.3 Å². The van der Waals surface area contributed by atoms with Crippen LogP contribution in [0.3, 0.4) is 0 Å². The number of carbonyl (C=O) groups is 1. The summed E-state index contributed by atoms with van der Waals surface area (Å²) in [4.78, 5) is 18.6. The highest BCUT2D eigenvalue weighted by Gasteiger charge is 2.13. The Kier molecular flexibility index (Phi) is 5.05. The molecule has 0 unspecified atom stereocenters. The Morgan fingerprint density at radius 2 is 2.04 bits per heavy atom. The van der Waals surface area contributed by atoms with Gasteiger partial charge in [-0.1, -0.05) is 19.1 Å². The van der Waals surface area contributed by atoms with Crippen LogP contribution in [0, 0.1) is 0 Å². The third-order valence-corrected chi connectivity index (χ3v) is 5.75. The summed E-state index contributed by atoms with van der Waals surface area (Å²) in [6.45, 7) is 5.64. The number of rotatable bonds is 6. The number of thiophene rings is 1. The maximum absolute atomic E-state index is 12.2. The topological polar surface area (TPSA) is 54.0 Å². The van der Waals surface area contributed by atoms with Crippen molar-refractivity contribution in [2.45, 2.75) is 19.9 Å². The van der Waals surface area contributed by atoms with E-state index in [1.807, 2.05) is 30.3 Å². The lowest BCUT2D eigenvalue weighted by Gasteiger charge is -2.12. The van der Waals surface area contributed by atoms with Gasteiger partial charge in [0.05, 0.1) is 20.0 Å². The molecule has 1 aromatic carbocycles. The summed E-state index contributed by atoms with van der Waals surface area (Å²) in [5, 5.41) is 7.21. The quantitative estimate of drug-likeness (QED) is 0.715. The van der Waals surface area contributed by atoms with Crippen molar-refractivity contribution in [3.8, 4) is 9.88 Å². The predicted molar refractivity (Wildman–Crippen MR) is 98.4 cm³/mol. The van der Waals surface area contributed by atoms with Crippen molar-refractivity contribution in [2.24, 2.45) is 0 Å². The second-order valence-electron chi connectivity index (χ2n) is 5.32. The van der Waals surface area contributed by atoms with E-state index in [0.29, 0.717) is 6.54 Å². The van der Waals surface area contributed by atoms with Gasteiger partial charge in [0.2, 0.25) is 0 Å². The molecule has 0 spiro atoms. The zero-order valence-corrected chi connectivity index (χ0v) is 14.8. The van der Waals surface area contributed by atoms with Crippen LogP contribution < -0.4 is 10.6 Å². The van der Waals surface area contributed by atoms with Crippen LogP contribution in [0.5, 0.6) is 0 Å². The molecule has 2 aromatic heterocycles. The molecule has 0 bridgehead atoms. The number of fused-ring (bicyclic) bond motifs is 1. The van der Waals surface area contributed by atoms with Gasteiger partial charge < -0.3 is 10.6 Å². The van der Waals surface area contributed by atoms with E-state index in [1.165, 1.54) is 16.0 Å². The molecule has 23 heavy (non-hydrogen) atoms. The van der Waals surface area contributed by atoms with Gasteiger partial charge >= 0.3 is 0 Å². The molecule has 0 saturated heterocycles. The average Bonchev–Trinajstić information content (AvgIpc) is 3.19. The number of nitrogens with zero attached hydrogens (tertiary/aromatic N) is 1. The normalized spacial score (nSPS) is 12.4. The summed E-state index contributed by atoms with van der Waals surface area (Å²) in [6, 6.07) is 12.2. The number of para-hydroxylation sites is 1. The minimum absolute atomic E-state index is 0.0212. The number of carbonyl (C=O) groups excluding carboxylic acids is 1. The lowest BCUT2D eigenvalue weighted by Crippen LogP contribution is -2.38. The predicted octanol–water partition coefficient (Wildman–Crippen LogP) is 3.75. The Hall–Kier alpha value is -1.76. The summed E-state index contributed by atoms with van der Waals surface area (Å²) in [5.41, 5.74) is 1.01. The van der Waals surface area contributed by atoms with E-state index in [1.54, 1.807) is 11.3 Å². The van der Waals surface area contributed by atoms with Gasteiger partial charge in [0.1, 0.15) is 5.01 Å². The summed E-state index contributed by atoms with van der Waals surface area (Å²) >= 11 is 3.15. The largest absolute Gasteiger partial charge is 0.350 e. The van der Waals surface area contributed by atoms with Crippen LogP contribution in [0.2, 0.25) is 0 Å². The van der Waals surface area contributed by atoms with Crippen LogP contribution in [-0.2, 0) is 0 Å². The smallest absolute Gasteiger partial charge is 0.261 e. The molecule has 0 aliphatic heterocycles. The molecule has 2 N–H and O–H groups in total. The molecule has 0 saturated carbocycles. The lowest BCUT2D eigenvalue weighted by molar-refractivity contribution is 0.0954. The summed E-state index contributed by atoms with van der Waals surface area (Å²) in [5.74, 6) is -0.0212. The zero-order chi connectivity index (χ0) is 16.2. The van der Waals surface area contributed by atoms with E-state index in [-0.39, 0.29) is 11.9 Å². The first-order valence-electron chi connectivity index (χ1n) is 7.64. The first-order chi connectivity index (χ1) is 11.2. The van der Waals surface area contributed by atoms with E-state index in [0.717, 1.165) is 26.8 Å². The van der Waals surface area contributed by atoms with Crippen molar-refractivity contribution < 1.29 is 4.79 Å². The minimum Gasteiger partial charge on any atom is -0.350 e. The van der Waals surface area contributed by atoms with Gasteiger partial charge in [-0.2, -0.15) is 0 Å². The molecule has 0 fully saturated rings. The third-order valence-electron chi connectivity index (χ3n) is 3.46. The Labute approximate surface area is 143 Å². The van der Waals surface area contributed by atoms with E-state index in [9.17, 15) is 4.79 Å². The molecular formula is C17H19N3OS2. The molecule has 4 nitrogen and oxygen atoms in total. The molecular weight excluding hydrogens is 326 g/mol.